The van der Waals surface area contributed by atoms with E-state index in [4.69, 9.17) is 21.1 Å². The Morgan fingerprint density at radius 1 is 1.16 bits per heavy atom. The van der Waals surface area contributed by atoms with E-state index in [0.717, 1.165) is 23.4 Å². The van der Waals surface area contributed by atoms with E-state index in [9.17, 15) is 0 Å². The van der Waals surface area contributed by atoms with E-state index in [1.165, 1.54) is 19.3 Å². The van der Waals surface area contributed by atoms with E-state index < -0.39 is 0 Å². The van der Waals surface area contributed by atoms with Crippen LogP contribution in [0.4, 0.5) is 0 Å². The number of ether oxygens (including phenoxy) is 2. The van der Waals surface area contributed by atoms with Crippen molar-refractivity contribution in [3.63, 3.8) is 0 Å². The molecule has 103 valence electrons. The molecule has 3 rings (SSSR count). The molecule has 2 aliphatic rings. The van der Waals surface area contributed by atoms with Crippen molar-refractivity contribution in [3.05, 3.63) is 41.8 Å². The van der Waals surface area contributed by atoms with Gasteiger partial charge in [-0.05, 0) is 25.3 Å². The second-order valence-corrected chi connectivity index (χ2v) is 5.88. The molecule has 0 aromatic heterocycles. The molecular formula is C16H20ClO2. The molecule has 1 aromatic rings. The number of halogens is 1. The van der Waals surface area contributed by atoms with Crippen molar-refractivity contribution in [1.29, 1.82) is 0 Å². The molecule has 2 nitrogen and oxygen atoms in total. The number of hydrogen-bond donors (Lipinski definition) is 0. The van der Waals surface area contributed by atoms with Crippen molar-refractivity contribution in [2.45, 2.75) is 56.5 Å². The molecule has 1 heterocycles. The van der Waals surface area contributed by atoms with Crippen molar-refractivity contribution in [2.75, 3.05) is 0 Å². The van der Waals surface area contributed by atoms with Gasteiger partial charge in [0.1, 0.15) is 6.10 Å². The summed E-state index contributed by atoms with van der Waals surface area (Å²) in [6, 6.07) is 7.88. The standard InChI is InChI=1S/C16H20ClO2/c1-2-14-15(12-8-4-5-9-13(12)17)19-16(18-14)10-6-3-7-11-16/h4-5,8-9,14-15H,1-3,6-7,10-11H2. The van der Waals surface area contributed by atoms with Crippen molar-refractivity contribution in [2.24, 2.45) is 0 Å². The summed E-state index contributed by atoms with van der Waals surface area (Å²) in [5.41, 5.74) is 1.03. The van der Waals surface area contributed by atoms with Gasteiger partial charge in [0.15, 0.2) is 5.79 Å². The van der Waals surface area contributed by atoms with E-state index in [1.54, 1.807) is 0 Å². The van der Waals surface area contributed by atoms with Gasteiger partial charge in [0.25, 0.3) is 0 Å². The molecule has 1 aromatic carbocycles. The van der Waals surface area contributed by atoms with Crippen LogP contribution in [-0.2, 0) is 9.47 Å². The number of rotatable bonds is 2. The highest BCUT2D eigenvalue weighted by Gasteiger charge is 2.48. The number of benzene rings is 1. The van der Waals surface area contributed by atoms with Crippen LogP contribution in [0.15, 0.2) is 24.3 Å². The third-order valence-electron chi connectivity index (χ3n) is 4.16. The minimum absolute atomic E-state index is 0.0120. The Morgan fingerprint density at radius 3 is 2.58 bits per heavy atom. The molecule has 0 amide bonds. The fourth-order valence-electron chi connectivity index (χ4n) is 3.18. The highest BCUT2D eigenvalue weighted by molar-refractivity contribution is 6.31. The van der Waals surface area contributed by atoms with Gasteiger partial charge in [-0.15, -0.1) is 0 Å². The minimum Gasteiger partial charge on any atom is -0.344 e. The topological polar surface area (TPSA) is 18.5 Å². The molecule has 3 heteroatoms. The smallest absolute Gasteiger partial charge is 0.169 e. The molecule has 1 aliphatic heterocycles. The van der Waals surface area contributed by atoms with Crippen LogP contribution in [0.2, 0.25) is 5.02 Å². The summed E-state index contributed by atoms with van der Waals surface area (Å²) in [5, 5.41) is 0.752. The van der Waals surface area contributed by atoms with Crippen LogP contribution in [0.25, 0.3) is 0 Å². The van der Waals surface area contributed by atoms with E-state index in [0.29, 0.717) is 6.42 Å². The molecule has 1 radical (unpaired) electrons. The van der Waals surface area contributed by atoms with Gasteiger partial charge in [-0.3, -0.25) is 0 Å². The monoisotopic (exact) mass is 279 g/mol. The van der Waals surface area contributed by atoms with Crippen LogP contribution in [0.5, 0.6) is 0 Å². The molecule has 2 unspecified atom stereocenters. The van der Waals surface area contributed by atoms with Crippen LogP contribution in [0.1, 0.15) is 50.2 Å². The summed E-state index contributed by atoms with van der Waals surface area (Å²) in [4.78, 5) is 0. The number of hydrogen-bond acceptors (Lipinski definition) is 2. The van der Waals surface area contributed by atoms with Gasteiger partial charge >= 0.3 is 0 Å². The van der Waals surface area contributed by atoms with E-state index in [-0.39, 0.29) is 18.0 Å². The highest BCUT2D eigenvalue weighted by Crippen LogP contribution is 2.47. The Hall–Kier alpha value is -0.570. The summed E-state index contributed by atoms with van der Waals surface area (Å²) in [6.45, 7) is 4.00. The highest BCUT2D eigenvalue weighted by atomic mass is 35.5. The molecule has 0 N–H and O–H groups in total. The van der Waals surface area contributed by atoms with Gasteiger partial charge < -0.3 is 9.47 Å². The maximum Gasteiger partial charge on any atom is 0.169 e. The first-order chi connectivity index (χ1) is 9.24. The lowest BCUT2D eigenvalue weighted by atomic mass is 9.94. The Labute approximate surface area is 120 Å². The third-order valence-corrected chi connectivity index (χ3v) is 4.50. The zero-order chi connectivity index (χ0) is 13.3. The Kier molecular flexibility index (Phi) is 3.84. The maximum atomic E-state index is 6.31. The van der Waals surface area contributed by atoms with E-state index in [1.807, 2.05) is 24.3 Å². The predicted molar refractivity (Wildman–Crippen MR) is 75.9 cm³/mol. The van der Waals surface area contributed by atoms with Crippen LogP contribution in [0.3, 0.4) is 0 Å². The average molecular weight is 280 g/mol. The Bertz CT molecular complexity index is 440. The molecule has 1 spiro atoms. The first-order valence-electron chi connectivity index (χ1n) is 7.13. The zero-order valence-electron chi connectivity index (χ0n) is 11.1. The van der Waals surface area contributed by atoms with Crippen LogP contribution >= 0.6 is 11.6 Å². The molecule has 0 bridgehead atoms. The zero-order valence-corrected chi connectivity index (χ0v) is 11.9. The van der Waals surface area contributed by atoms with Gasteiger partial charge in [0, 0.05) is 23.4 Å². The van der Waals surface area contributed by atoms with Gasteiger partial charge in [-0.25, -0.2) is 0 Å². The molecular weight excluding hydrogens is 260 g/mol. The molecule has 2 atom stereocenters. The second-order valence-electron chi connectivity index (χ2n) is 5.48. The summed E-state index contributed by atoms with van der Waals surface area (Å²) < 4.78 is 12.5. The van der Waals surface area contributed by atoms with Crippen molar-refractivity contribution >= 4 is 11.6 Å². The fourth-order valence-corrected chi connectivity index (χ4v) is 3.42. The van der Waals surface area contributed by atoms with Crippen LogP contribution in [-0.4, -0.2) is 11.9 Å². The van der Waals surface area contributed by atoms with E-state index >= 15 is 0 Å². The molecule has 1 saturated heterocycles. The average Bonchev–Trinajstić information content (AvgIpc) is 2.78. The lowest BCUT2D eigenvalue weighted by molar-refractivity contribution is -0.194. The SMILES string of the molecule is [CH2]CC1OC2(CCCCC2)OC1c1ccccc1Cl. The summed E-state index contributed by atoms with van der Waals surface area (Å²) >= 11 is 6.30. The van der Waals surface area contributed by atoms with Crippen LogP contribution in [0, 0.1) is 6.92 Å². The lowest BCUT2D eigenvalue weighted by Gasteiger charge is -2.32. The normalized spacial score (nSPS) is 29.8. The molecule has 2 fully saturated rings. The molecule has 1 saturated carbocycles. The molecule has 1 aliphatic carbocycles. The Morgan fingerprint density at radius 2 is 1.89 bits per heavy atom. The van der Waals surface area contributed by atoms with E-state index in [2.05, 4.69) is 6.92 Å². The first kappa shape index (κ1) is 13.4. The molecule has 19 heavy (non-hydrogen) atoms. The van der Waals surface area contributed by atoms with Gasteiger partial charge in [-0.1, -0.05) is 43.1 Å². The van der Waals surface area contributed by atoms with Gasteiger partial charge in [-0.2, -0.15) is 0 Å². The lowest BCUT2D eigenvalue weighted by Crippen LogP contribution is -2.33. The predicted octanol–water partition coefficient (Wildman–Crippen LogP) is 4.68. The summed E-state index contributed by atoms with van der Waals surface area (Å²) in [5.74, 6) is -0.384. The van der Waals surface area contributed by atoms with Crippen molar-refractivity contribution < 1.29 is 9.47 Å². The van der Waals surface area contributed by atoms with Crippen molar-refractivity contribution in [3.8, 4) is 0 Å². The van der Waals surface area contributed by atoms with Gasteiger partial charge in [0.05, 0.1) is 6.10 Å². The Balaban J connectivity index is 1.87. The summed E-state index contributed by atoms with van der Waals surface area (Å²) in [7, 11) is 0. The van der Waals surface area contributed by atoms with Gasteiger partial charge in [0.2, 0.25) is 0 Å². The largest absolute Gasteiger partial charge is 0.344 e. The quantitative estimate of drug-likeness (QED) is 0.782. The third kappa shape index (κ3) is 2.54. The van der Waals surface area contributed by atoms with Crippen LogP contribution < -0.4 is 0 Å². The first-order valence-corrected chi connectivity index (χ1v) is 7.51. The minimum atomic E-state index is -0.384. The second kappa shape index (κ2) is 5.43. The summed E-state index contributed by atoms with van der Waals surface area (Å²) in [6.07, 6.45) is 6.26. The fraction of sp³-hybridized carbons (Fsp3) is 0.562. The van der Waals surface area contributed by atoms with Crippen molar-refractivity contribution in [1.82, 2.24) is 0 Å². The maximum absolute atomic E-state index is 6.31.